The van der Waals surface area contributed by atoms with Gasteiger partial charge in [-0.05, 0) is 19.1 Å². The fourth-order valence-electron chi connectivity index (χ4n) is 1.98. The van der Waals surface area contributed by atoms with Crippen molar-refractivity contribution in [1.82, 2.24) is 0 Å². The molecule has 92 valence electrons. The van der Waals surface area contributed by atoms with Crippen molar-refractivity contribution >= 4 is 23.0 Å². The maximum absolute atomic E-state index is 11.0. The molecule has 1 aliphatic heterocycles. The Labute approximate surface area is 104 Å². The smallest absolute Gasteiger partial charge is 0.310 e. The second kappa shape index (κ2) is 4.89. The highest BCUT2D eigenvalue weighted by Gasteiger charge is 2.26. The van der Waals surface area contributed by atoms with Gasteiger partial charge < -0.3 is 9.64 Å². The first kappa shape index (κ1) is 12.1. The molecule has 1 unspecified atom stereocenters. The molecule has 1 heterocycles. The van der Waals surface area contributed by atoms with E-state index in [4.69, 9.17) is 16.3 Å². The number of benzene rings is 1. The van der Waals surface area contributed by atoms with E-state index in [-0.39, 0.29) is 16.8 Å². The highest BCUT2D eigenvalue weighted by atomic mass is 35.5. The van der Waals surface area contributed by atoms with E-state index in [0.29, 0.717) is 25.4 Å². The number of morpholine rings is 1. The Bertz CT molecular complexity index is 439. The summed E-state index contributed by atoms with van der Waals surface area (Å²) in [6, 6.07) is 4.99. The Balaban J connectivity index is 2.37. The molecule has 0 aromatic heterocycles. The summed E-state index contributed by atoms with van der Waals surface area (Å²) in [6.45, 7) is 3.81. The Morgan fingerprint density at radius 3 is 3.00 bits per heavy atom. The average Bonchev–Trinajstić information content (AvgIpc) is 2.28. The van der Waals surface area contributed by atoms with E-state index in [1.807, 2.05) is 11.8 Å². The number of anilines is 1. The Morgan fingerprint density at radius 2 is 2.35 bits per heavy atom. The molecule has 0 N–H and O–H groups in total. The summed E-state index contributed by atoms with van der Waals surface area (Å²) in [4.78, 5) is 12.5. The molecule has 6 heteroatoms. The largest absolute Gasteiger partial charge is 0.375 e. The minimum atomic E-state index is -0.433. The summed E-state index contributed by atoms with van der Waals surface area (Å²) >= 11 is 5.88. The van der Waals surface area contributed by atoms with Gasteiger partial charge in [0.2, 0.25) is 0 Å². The molecule has 5 nitrogen and oxygen atoms in total. The number of nitro groups is 1. The van der Waals surface area contributed by atoms with Gasteiger partial charge in [0.15, 0.2) is 0 Å². The van der Waals surface area contributed by atoms with Crippen molar-refractivity contribution in [2.75, 3.05) is 24.6 Å². The molecule has 0 aliphatic carbocycles. The predicted molar refractivity (Wildman–Crippen MR) is 65.7 cm³/mol. The normalized spacial score (nSPS) is 20.4. The van der Waals surface area contributed by atoms with Gasteiger partial charge in [0.1, 0.15) is 10.7 Å². The first-order valence-electron chi connectivity index (χ1n) is 5.39. The maximum Gasteiger partial charge on any atom is 0.310 e. The monoisotopic (exact) mass is 256 g/mol. The minimum absolute atomic E-state index is 0.0248. The zero-order valence-electron chi connectivity index (χ0n) is 9.43. The molecule has 2 rings (SSSR count). The summed E-state index contributed by atoms with van der Waals surface area (Å²) in [7, 11) is 0. The SMILES string of the molecule is CC1CN(c2cccc(Cl)c2[N+](=O)[O-])CCO1. The number of para-hydroxylation sites is 1. The van der Waals surface area contributed by atoms with Crippen LogP contribution in [0.4, 0.5) is 11.4 Å². The van der Waals surface area contributed by atoms with Crippen LogP contribution < -0.4 is 4.90 Å². The first-order valence-corrected chi connectivity index (χ1v) is 5.77. The maximum atomic E-state index is 11.0. The zero-order valence-corrected chi connectivity index (χ0v) is 10.2. The van der Waals surface area contributed by atoms with Gasteiger partial charge in [0.05, 0.1) is 17.6 Å². The zero-order chi connectivity index (χ0) is 12.4. The summed E-state index contributed by atoms with van der Waals surface area (Å²) < 4.78 is 5.42. The summed E-state index contributed by atoms with van der Waals surface area (Å²) in [5.41, 5.74) is 0.543. The van der Waals surface area contributed by atoms with Crippen LogP contribution >= 0.6 is 11.6 Å². The van der Waals surface area contributed by atoms with E-state index in [9.17, 15) is 10.1 Å². The topological polar surface area (TPSA) is 55.6 Å². The fourth-order valence-corrected chi connectivity index (χ4v) is 2.22. The lowest BCUT2D eigenvalue weighted by Gasteiger charge is -2.32. The molecular weight excluding hydrogens is 244 g/mol. The Kier molecular flexibility index (Phi) is 3.49. The van der Waals surface area contributed by atoms with Gasteiger partial charge >= 0.3 is 5.69 Å². The lowest BCUT2D eigenvalue weighted by Crippen LogP contribution is -2.41. The van der Waals surface area contributed by atoms with Gasteiger partial charge in [-0.2, -0.15) is 0 Å². The molecule has 1 aromatic carbocycles. The summed E-state index contributed by atoms with van der Waals surface area (Å²) in [5.74, 6) is 0. The summed E-state index contributed by atoms with van der Waals surface area (Å²) in [6.07, 6.45) is 0.0716. The van der Waals surface area contributed by atoms with Crippen LogP contribution in [0.5, 0.6) is 0 Å². The van der Waals surface area contributed by atoms with E-state index < -0.39 is 4.92 Å². The molecule has 0 bridgehead atoms. The van der Waals surface area contributed by atoms with E-state index in [0.717, 1.165) is 0 Å². The number of hydrogen-bond acceptors (Lipinski definition) is 4. The van der Waals surface area contributed by atoms with E-state index in [1.165, 1.54) is 6.07 Å². The Morgan fingerprint density at radius 1 is 1.59 bits per heavy atom. The van der Waals surface area contributed by atoms with Crippen LogP contribution in [-0.4, -0.2) is 30.7 Å². The average molecular weight is 257 g/mol. The van der Waals surface area contributed by atoms with Gasteiger partial charge in [-0.25, -0.2) is 0 Å². The fraction of sp³-hybridized carbons (Fsp3) is 0.455. The van der Waals surface area contributed by atoms with Gasteiger partial charge in [-0.1, -0.05) is 17.7 Å². The van der Waals surface area contributed by atoms with Crippen LogP contribution in [0.3, 0.4) is 0 Å². The van der Waals surface area contributed by atoms with Gasteiger partial charge in [-0.15, -0.1) is 0 Å². The number of rotatable bonds is 2. The third-order valence-corrected chi connectivity index (χ3v) is 3.03. The van der Waals surface area contributed by atoms with Crippen LogP contribution in [0, 0.1) is 10.1 Å². The lowest BCUT2D eigenvalue weighted by atomic mass is 10.2. The number of nitro benzene ring substituents is 1. The highest BCUT2D eigenvalue weighted by Crippen LogP contribution is 2.35. The summed E-state index contributed by atoms with van der Waals surface area (Å²) in [5, 5.41) is 11.2. The molecule has 0 saturated carbocycles. The van der Waals surface area contributed by atoms with E-state index >= 15 is 0 Å². The molecule has 1 fully saturated rings. The molecule has 0 spiro atoms. The van der Waals surface area contributed by atoms with Gasteiger partial charge in [0.25, 0.3) is 0 Å². The number of ether oxygens (including phenoxy) is 1. The van der Waals surface area contributed by atoms with Crippen LogP contribution in [0.2, 0.25) is 5.02 Å². The quantitative estimate of drug-likeness (QED) is 0.603. The molecular formula is C11H13ClN2O3. The van der Waals surface area contributed by atoms with Crippen LogP contribution in [0.25, 0.3) is 0 Å². The number of halogens is 1. The standard InChI is InChI=1S/C11H13ClN2O3/c1-8-7-13(5-6-17-8)10-4-2-3-9(12)11(10)14(15)16/h2-4,8H,5-7H2,1H3. The first-order chi connectivity index (χ1) is 8.09. The van der Waals surface area contributed by atoms with Crippen LogP contribution in [0.15, 0.2) is 18.2 Å². The molecule has 1 aromatic rings. The second-order valence-electron chi connectivity index (χ2n) is 3.99. The van der Waals surface area contributed by atoms with Crippen molar-refractivity contribution in [2.45, 2.75) is 13.0 Å². The molecule has 1 atom stereocenters. The molecule has 17 heavy (non-hydrogen) atoms. The highest BCUT2D eigenvalue weighted by molar-refractivity contribution is 6.33. The molecule has 0 amide bonds. The minimum Gasteiger partial charge on any atom is -0.375 e. The van der Waals surface area contributed by atoms with Crippen molar-refractivity contribution in [2.24, 2.45) is 0 Å². The second-order valence-corrected chi connectivity index (χ2v) is 4.40. The van der Waals surface area contributed by atoms with Crippen molar-refractivity contribution in [3.63, 3.8) is 0 Å². The predicted octanol–water partition coefficient (Wildman–Crippen LogP) is 2.47. The van der Waals surface area contributed by atoms with Crippen molar-refractivity contribution in [3.8, 4) is 0 Å². The molecule has 0 radical (unpaired) electrons. The third-order valence-electron chi connectivity index (χ3n) is 2.73. The van der Waals surface area contributed by atoms with E-state index in [2.05, 4.69) is 0 Å². The number of nitrogens with zero attached hydrogens (tertiary/aromatic N) is 2. The van der Waals surface area contributed by atoms with Crippen LogP contribution in [0.1, 0.15) is 6.92 Å². The van der Waals surface area contributed by atoms with Crippen molar-refractivity contribution in [3.05, 3.63) is 33.3 Å². The lowest BCUT2D eigenvalue weighted by molar-refractivity contribution is -0.384. The number of hydrogen-bond donors (Lipinski definition) is 0. The van der Waals surface area contributed by atoms with Gasteiger partial charge in [0, 0.05) is 13.1 Å². The Hall–Kier alpha value is -1.33. The third kappa shape index (κ3) is 2.50. The molecule has 1 aliphatic rings. The van der Waals surface area contributed by atoms with Crippen molar-refractivity contribution in [1.29, 1.82) is 0 Å². The van der Waals surface area contributed by atoms with Crippen LogP contribution in [-0.2, 0) is 4.74 Å². The van der Waals surface area contributed by atoms with E-state index in [1.54, 1.807) is 12.1 Å². The van der Waals surface area contributed by atoms with Crippen molar-refractivity contribution < 1.29 is 9.66 Å². The van der Waals surface area contributed by atoms with Gasteiger partial charge in [-0.3, -0.25) is 10.1 Å². The molecule has 1 saturated heterocycles.